The Morgan fingerprint density at radius 3 is 2.86 bits per heavy atom. The van der Waals surface area contributed by atoms with Crippen molar-refractivity contribution >= 4 is 5.78 Å². The van der Waals surface area contributed by atoms with Crippen LogP contribution in [0.25, 0.3) is 0 Å². The summed E-state index contributed by atoms with van der Waals surface area (Å²) in [6.07, 6.45) is 7.22. The predicted octanol–water partition coefficient (Wildman–Crippen LogP) is 2.01. The molecule has 0 unspecified atom stereocenters. The van der Waals surface area contributed by atoms with Crippen LogP contribution in [0.3, 0.4) is 0 Å². The topological polar surface area (TPSA) is 60.2 Å². The van der Waals surface area contributed by atoms with E-state index in [9.17, 15) is 14.9 Å². The highest BCUT2D eigenvalue weighted by molar-refractivity contribution is 5.79. The zero-order valence-electron chi connectivity index (χ0n) is 7.90. The van der Waals surface area contributed by atoms with Gasteiger partial charge < -0.3 is 0 Å². The quantitative estimate of drug-likeness (QED) is 0.508. The van der Waals surface area contributed by atoms with E-state index in [-0.39, 0.29) is 24.3 Å². The van der Waals surface area contributed by atoms with Crippen LogP contribution in [0, 0.1) is 10.1 Å². The van der Waals surface area contributed by atoms with E-state index in [0.717, 1.165) is 0 Å². The second kappa shape index (κ2) is 4.50. The van der Waals surface area contributed by atoms with E-state index in [2.05, 4.69) is 0 Å². The molecule has 0 aromatic rings. The van der Waals surface area contributed by atoms with Gasteiger partial charge in [0.15, 0.2) is 0 Å². The molecule has 1 aliphatic carbocycles. The third-order valence-corrected chi connectivity index (χ3v) is 1.89. The van der Waals surface area contributed by atoms with Crippen LogP contribution in [-0.2, 0) is 4.79 Å². The lowest BCUT2D eigenvalue weighted by atomic mass is 10.1. The number of hydrogen-bond donors (Lipinski definition) is 0. The standard InChI is InChI=1S/C10H11NO3/c1-8(12)7-9-5-3-2-4-6-10(9)11(13)14/h2-5H,6-7H2,1H3. The molecule has 14 heavy (non-hydrogen) atoms. The Labute approximate surface area is 81.8 Å². The molecule has 0 saturated heterocycles. The molecule has 0 heterocycles. The maximum atomic E-state index is 10.9. The summed E-state index contributed by atoms with van der Waals surface area (Å²) >= 11 is 0. The molecule has 0 radical (unpaired) electrons. The highest BCUT2D eigenvalue weighted by Gasteiger charge is 2.17. The summed E-state index contributed by atoms with van der Waals surface area (Å²) in [6, 6.07) is 0. The molecule has 0 aromatic heterocycles. The summed E-state index contributed by atoms with van der Waals surface area (Å²) < 4.78 is 0. The maximum absolute atomic E-state index is 10.9. The van der Waals surface area contributed by atoms with Crippen LogP contribution in [-0.4, -0.2) is 10.7 Å². The SMILES string of the molecule is CC(=O)CC1=C([N+](=O)[O-])CC=CC=C1. The minimum Gasteiger partial charge on any atom is -0.300 e. The smallest absolute Gasteiger partial charge is 0.253 e. The maximum Gasteiger partial charge on any atom is 0.253 e. The van der Waals surface area contributed by atoms with Gasteiger partial charge in [0.1, 0.15) is 5.78 Å². The lowest BCUT2D eigenvalue weighted by Gasteiger charge is -2.00. The molecular weight excluding hydrogens is 182 g/mol. The predicted molar refractivity (Wildman–Crippen MR) is 52.2 cm³/mol. The third-order valence-electron chi connectivity index (χ3n) is 1.89. The second-order valence-corrected chi connectivity index (χ2v) is 3.10. The van der Waals surface area contributed by atoms with E-state index in [4.69, 9.17) is 0 Å². The van der Waals surface area contributed by atoms with Crippen molar-refractivity contribution in [1.29, 1.82) is 0 Å². The van der Waals surface area contributed by atoms with Crippen molar-refractivity contribution in [2.24, 2.45) is 0 Å². The molecule has 0 atom stereocenters. The van der Waals surface area contributed by atoms with Crippen LogP contribution in [0.5, 0.6) is 0 Å². The van der Waals surface area contributed by atoms with Gasteiger partial charge in [-0.25, -0.2) is 0 Å². The Hall–Kier alpha value is -1.71. The molecule has 0 saturated carbocycles. The Kier molecular flexibility index (Phi) is 3.34. The number of carbonyl (C=O) groups excluding carboxylic acids is 1. The van der Waals surface area contributed by atoms with Crippen LogP contribution >= 0.6 is 0 Å². The molecule has 0 spiro atoms. The molecule has 4 heteroatoms. The van der Waals surface area contributed by atoms with Crippen LogP contribution in [0.15, 0.2) is 35.6 Å². The fraction of sp³-hybridized carbons (Fsp3) is 0.300. The molecule has 1 rings (SSSR count). The first-order chi connectivity index (χ1) is 6.61. The lowest BCUT2D eigenvalue weighted by molar-refractivity contribution is -0.427. The molecule has 0 N–H and O–H groups in total. The van der Waals surface area contributed by atoms with Gasteiger partial charge in [0.25, 0.3) is 5.70 Å². The Morgan fingerprint density at radius 2 is 2.29 bits per heavy atom. The summed E-state index contributed by atoms with van der Waals surface area (Å²) in [5, 5.41) is 10.7. The summed E-state index contributed by atoms with van der Waals surface area (Å²) in [7, 11) is 0. The number of nitro groups is 1. The van der Waals surface area contributed by atoms with E-state index < -0.39 is 4.92 Å². The summed E-state index contributed by atoms with van der Waals surface area (Å²) in [4.78, 5) is 21.1. The number of carbonyl (C=O) groups is 1. The van der Waals surface area contributed by atoms with Crippen molar-refractivity contribution in [2.45, 2.75) is 19.8 Å². The monoisotopic (exact) mass is 193 g/mol. The van der Waals surface area contributed by atoms with E-state index in [1.807, 2.05) is 0 Å². The van der Waals surface area contributed by atoms with Gasteiger partial charge in [-0.1, -0.05) is 24.3 Å². The first-order valence-corrected chi connectivity index (χ1v) is 4.30. The van der Waals surface area contributed by atoms with E-state index in [0.29, 0.717) is 5.57 Å². The van der Waals surface area contributed by atoms with Crippen molar-refractivity contribution in [2.75, 3.05) is 0 Å². The van der Waals surface area contributed by atoms with Crippen LogP contribution in [0.1, 0.15) is 19.8 Å². The zero-order chi connectivity index (χ0) is 10.6. The number of hydrogen-bond acceptors (Lipinski definition) is 3. The minimum atomic E-state index is -0.418. The van der Waals surface area contributed by atoms with Gasteiger partial charge in [0, 0.05) is 12.0 Å². The van der Waals surface area contributed by atoms with Gasteiger partial charge in [-0.15, -0.1) is 0 Å². The second-order valence-electron chi connectivity index (χ2n) is 3.10. The lowest BCUT2D eigenvalue weighted by Crippen LogP contribution is -2.04. The van der Waals surface area contributed by atoms with Crippen molar-refractivity contribution in [3.63, 3.8) is 0 Å². The molecular formula is C10H11NO3. The molecule has 0 aromatic carbocycles. The highest BCUT2D eigenvalue weighted by atomic mass is 16.6. The van der Waals surface area contributed by atoms with Crippen LogP contribution in [0.4, 0.5) is 0 Å². The number of Topliss-reactive ketones (excluding diaryl/α,β-unsaturated/α-hetero) is 1. The number of allylic oxidation sites excluding steroid dienone is 5. The van der Waals surface area contributed by atoms with Crippen molar-refractivity contribution in [3.05, 3.63) is 45.7 Å². The average molecular weight is 193 g/mol. The van der Waals surface area contributed by atoms with Crippen LogP contribution in [0.2, 0.25) is 0 Å². The fourth-order valence-electron chi connectivity index (χ4n) is 1.28. The van der Waals surface area contributed by atoms with Crippen molar-refractivity contribution < 1.29 is 9.72 Å². The van der Waals surface area contributed by atoms with Gasteiger partial charge in [-0.05, 0) is 6.92 Å². The minimum absolute atomic E-state index is 0.0640. The van der Waals surface area contributed by atoms with Crippen molar-refractivity contribution in [1.82, 2.24) is 0 Å². The first-order valence-electron chi connectivity index (χ1n) is 4.30. The van der Waals surface area contributed by atoms with Crippen molar-refractivity contribution in [3.8, 4) is 0 Å². The zero-order valence-corrected chi connectivity index (χ0v) is 7.90. The Bertz CT molecular complexity index is 350. The third kappa shape index (κ3) is 2.65. The first kappa shape index (κ1) is 10.4. The molecule has 74 valence electrons. The van der Waals surface area contributed by atoms with Gasteiger partial charge in [-0.2, -0.15) is 0 Å². The molecule has 4 nitrogen and oxygen atoms in total. The highest BCUT2D eigenvalue weighted by Crippen LogP contribution is 2.18. The van der Waals surface area contributed by atoms with Crippen LogP contribution < -0.4 is 0 Å². The average Bonchev–Trinajstić information content (AvgIpc) is 2.28. The Morgan fingerprint density at radius 1 is 1.57 bits per heavy atom. The summed E-state index contributed by atoms with van der Waals surface area (Å²) in [6.45, 7) is 1.43. The van der Waals surface area contributed by atoms with Gasteiger partial charge in [-0.3, -0.25) is 14.9 Å². The molecule has 0 aliphatic heterocycles. The largest absolute Gasteiger partial charge is 0.300 e. The number of rotatable bonds is 3. The molecule has 1 aliphatic rings. The van der Waals surface area contributed by atoms with E-state index in [1.54, 1.807) is 24.3 Å². The van der Waals surface area contributed by atoms with Gasteiger partial charge in [0.2, 0.25) is 0 Å². The molecule has 0 fully saturated rings. The molecule has 0 amide bonds. The Balaban J connectivity index is 3.01. The fourth-order valence-corrected chi connectivity index (χ4v) is 1.28. The number of ketones is 1. The molecule has 0 bridgehead atoms. The normalized spacial score (nSPS) is 15.5. The van der Waals surface area contributed by atoms with Gasteiger partial charge >= 0.3 is 0 Å². The summed E-state index contributed by atoms with van der Waals surface area (Å²) in [5.74, 6) is -0.0640. The van der Waals surface area contributed by atoms with E-state index in [1.165, 1.54) is 6.92 Å². The number of nitrogens with zero attached hydrogens (tertiary/aromatic N) is 1. The summed E-state index contributed by atoms with van der Waals surface area (Å²) in [5.41, 5.74) is 0.623. The van der Waals surface area contributed by atoms with E-state index >= 15 is 0 Å². The van der Waals surface area contributed by atoms with Gasteiger partial charge in [0.05, 0.1) is 11.3 Å².